The van der Waals surface area contributed by atoms with Gasteiger partial charge >= 0.3 is 0 Å². The molecule has 1 N–H and O–H groups in total. The van der Waals surface area contributed by atoms with E-state index in [1.807, 2.05) is 35.1 Å². The number of aromatic nitrogens is 3. The number of nitrogens with one attached hydrogen (secondary N) is 1. The molecule has 2 aromatic heterocycles. The third-order valence-corrected chi connectivity index (χ3v) is 5.36. The van der Waals surface area contributed by atoms with Crippen LogP contribution in [0.5, 0.6) is 0 Å². The van der Waals surface area contributed by atoms with Crippen LogP contribution in [0.15, 0.2) is 79.3 Å². The fourth-order valence-electron chi connectivity index (χ4n) is 3.94. The van der Waals surface area contributed by atoms with Crippen molar-refractivity contribution < 1.29 is 0 Å². The van der Waals surface area contributed by atoms with Gasteiger partial charge in [0.05, 0.1) is 6.20 Å². The molecule has 0 radical (unpaired) electrons. The second-order valence-electron chi connectivity index (χ2n) is 7.31. The fraction of sp³-hybridized carbons (Fsp3) is 0.217. The minimum absolute atomic E-state index is 0.376. The van der Waals surface area contributed by atoms with E-state index in [1.165, 1.54) is 11.1 Å². The molecule has 28 heavy (non-hydrogen) atoms. The molecule has 0 bridgehead atoms. The van der Waals surface area contributed by atoms with Crippen LogP contribution in [0, 0.1) is 0 Å². The maximum atomic E-state index is 4.72. The summed E-state index contributed by atoms with van der Waals surface area (Å²) < 4.78 is 1.90. The Hall–Kier alpha value is -3.02. The van der Waals surface area contributed by atoms with Crippen LogP contribution < -0.4 is 5.32 Å². The molecule has 5 rings (SSSR count). The lowest BCUT2D eigenvalue weighted by atomic mass is 10.0. The molecule has 1 saturated heterocycles. The second-order valence-corrected chi connectivity index (χ2v) is 7.31. The topological polar surface area (TPSA) is 45.5 Å². The van der Waals surface area contributed by atoms with Crippen molar-refractivity contribution >= 4 is 5.65 Å². The smallest absolute Gasteiger partial charge is 0.162 e. The highest BCUT2D eigenvalue weighted by molar-refractivity contribution is 5.76. The lowest BCUT2D eigenvalue weighted by Crippen LogP contribution is -2.45. The van der Waals surface area contributed by atoms with E-state index in [-0.39, 0.29) is 0 Å². The molecule has 1 aliphatic heterocycles. The number of fused-ring (bicyclic) bond motifs is 1. The summed E-state index contributed by atoms with van der Waals surface area (Å²) in [5.41, 5.74) is 5.64. The molecule has 0 spiro atoms. The number of hydrogen-bond acceptors (Lipinski definition) is 4. The molecule has 5 heteroatoms. The van der Waals surface area contributed by atoms with Crippen LogP contribution in [-0.2, 0) is 6.54 Å². The lowest BCUT2D eigenvalue weighted by molar-refractivity contribution is 0.193. The fourth-order valence-corrected chi connectivity index (χ4v) is 3.94. The van der Waals surface area contributed by atoms with Crippen molar-refractivity contribution in [1.82, 2.24) is 24.8 Å². The monoisotopic (exact) mass is 369 g/mol. The van der Waals surface area contributed by atoms with Crippen LogP contribution in [0.3, 0.4) is 0 Å². The van der Waals surface area contributed by atoms with Gasteiger partial charge in [0.25, 0.3) is 0 Å². The van der Waals surface area contributed by atoms with Gasteiger partial charge in [-0.15, -0.1) is 0 Å². The Morgan fingerprint density at radius 1 is 0.964 bits per heavy atom. The van der Waals surface area contributed by atoms with Crippen molar-refractivity contribution in [3.05, 3.63) is 90.4 Å². The minimum Gasteiger partial charge on any atom is -0.308 e. The first-order valence-corrected chi connectivity index (χ1v) is 9.75. The standard InChI is InChI=1S/C23H23N5/c1-3-7-19(8-4-1)21-14-26-28-16-18(13-25-23(21)28)15-27-12-11-24-22(17-27)20-9-5-2-6-10-20/h1-10,13-14,16,22,24H,11-12,15,17H2. The Labute approximate surface area is 164 Å². The van der Waals surface area contributed by atoms with Crippen LogP contribution >= 0.6 is 0 Å². The predicted octanol–water partition coefficient (Wildman–Crippen LogP) is 3.54. The SMILES string of the molecule is c1ccc(-c2cnn3cc(CN4CCNC(c5ccccc5)C4)cnc23)cc1. The first-order chi connectivity index (χ1) is 13.9. The molecule has 4 aromatic rings. The highest BCUT2D eigenvalue weighted by atomic mass is 15.2. The van der Waals surface area contributed by atoms with Gasteiger partial charge in [0.15, 0.2) is 5.65 Å². The van der Waals surface area contributed by atoms with Gasteiger partial charge in [-0.3, -0.25) is 4.90 Å². The van der Waals surface area contributed by atoms with Crippen LogP contribution in [0.4, 0.5) is 0 Å². The predicted molar refractivity (Wildman–Crippen MR) is 111 cm³/mol. The molecule has 140 valence electrons. The normalized spacial score (nSPS) is 17.8. The molecule has 5 nitrogen and oxygen atoms in total. The first kappa shape index (κ1) is 17.1. The van der Waals surface area contributed by atoms with Gasteiger partial charge in [0.1, 0.15) is 0 Å². The average molecular weight is 369 g/mol. The van der Waals surface area contributed by atoms with Gasteiger partial charge in [-0.05, 0) is 11.1 Å². The van der Waals surface area contributed by atoms with Gasteiger partial charge in [-0.2, -0.15) is 5.10 Å². The average Bonchev–Trinajstić information content (AvgIpc) is 3.18. The molecule has 1 aliphatic rings. The second kappa shape index (κ2) is 7.54. The zero-order valence-electron chi connectivity index (χ0n) is 15.7. The Bertz CT molecular complexity index is 1060. The van der Waals surface area contributed by atoms with E-state index in [1.54, 1.807) is 0 Å². The van der Waals surface area contributed by atoms with E-state index in [0.717, 1.165) is 43.0 Å². The van der Waals surface area contributed by atoms with Crippen LogP contribution in [-0.4, -0.2) is 39.1 Å². The summed E-state index contributed by atoms with van der Waals surface area (Å²) in [5.74, 6) is 0. The third-order valence-electron chi connectivity index (χ3n) is 5.36. The summed E-state index contributed by atoms with van der Waals surface area (Å²) in [6.07, 6.45) is 6.00. The largest absolute Gasteiger partial charge is 0.308 e. The molecule has 0 aliphatic carbocycles. The highest BCUT2D eigenvalue weighted by Gasteiger charge is 2.21. The van der Waals surface area contributed by atoms with Gasteiger partial charge < -0.3 is 5.32 Å². The van der Waals surface area contributed by atoms with Crippen molar-refractivity contribution in [2.75, 3.05) is 19.6 Å². The molecular weight excluding hydrogens is 346 g/mol. The quantitative estimate of drug-likeness (QED) is 0.598. The number of benzene rings is 2. The molecular formula is C23H23N5. The number of rotatable bonds is 4. The van der Waals surface area contributed by atoms with E-state index in [0.29, 0.717) is 6.04 Å². The minimum atomic E-state index is 0.376. The van der Waals surface area contributed by atoms with E-state index in [2.05, 4.69) is 64.0 Å². The van der Waals surface area contributed by atoms with Gasteiger partial charge in [-0.25, -0.2) is 9.50 Å². The van der Waals surface area contributed by atoms with Crippen molar-refractivity contribution in [3.63, 3.8) is 0 Å². The summed E-state index contributed by atoms with van der Waals surface area (Å²) >= 11 is 0. The Morgan fingerprint density at radius 3 is 2.57 bits per heavy atom. The molecule has 2 aromatic carbocycles. The Kier molecular flexibility index (Phi) is 4.61. The van der Waals surface area contributed by atoms with Gasteiger partial charge in [0, 0.05) is 55.7 Å². The van der Waals surface area contributed by atoms with Crippen LogP contribution in [0.2, 0.25) is 0 Å². The maximum Gasteiger partial charge on any atom is 0.162 e. The Balaban J connectivity index is 1.34. The maximum absolute atomic E-state index is 4.72. The van der Waals surface area contributed by atoms with Crippen LogP contribution in [0.1, 0.15) is 17.2 Å². The molecule has 0 amide bonds. The van der Waals surface area contributed by atoms with Crippen molar-refractivity contribution in [3.8, 4) is 11.1 Å². The molecule has 1 atom stereocenters. The van der Waals surface area contributed by atoms with E-state index in [9.17, 15) is 0 Å². The molecule has 1 unspecified atom stereocenters. The summed E-state index contributed by atoms with van der Waals surface area (Å²) in [4.78, 5) is 7.20. The van der Waals surface area contributed by atoms with E-state index >= 15 is 0 Å². The third kappa shape index (κ3) is 3.42. The summed E-state index contributed by atoms with van der Waals surface area (Å²) in [6.45, 7) is 3.91. The zero-order chi connectivity index (χ0) is 18.8. The molecule has 3 heterocycles. The first-order valence-electron chi connectivity index (χ1n) is 9.75. The van der Waals surface area contributed by atoms with Crippen molar-refractivity contribution in [1.29, 1.82) is 0 Å². The molecule has 1 fully saturated rings. The van der Waals surface area contributed by atoms with Crippen LogP contribution in [0.25, 0.3) is 16.8 Å². The van der Waals surface area contributed by atoms with Crippen molar-refractivity contribution in [2.45, 2.75) is 12.6 Å². The summed E-state index contributed by atoms with van der Waals surface area (Å²) in [7, 11) is 0. The zero-order valence-corrected chi connectivity index (χ0v) is 15.7. The van der Waals surface area contributed by atoms with E-state index < -0.39 is 0 Å². The summed E-state index contributed by atoms with van der Waals surface area (Å²) in [5, 5.41) is 8.16. The Morgan fingerprint density at radius 2 is 1.75 bits per heavy atom. The van der Waals surface area contributed by atoms with Crippen molar-refractivity contribution in [2.24, 2.45) is 0 Å². The van der Waals surface area contributed by atoms with Gasteiger partial charge in [0.2, 0.25) is 0 Å². The lowest BCUT2D eigenvalue weighted by Gasteiger charge is -2.33. The molecule has 0 saturated carbocycles. The number of piperazine rings is 1. The number of nitrogens with zero attached hydrogens (tertiary/aromatic N) is 4. The highest BCUT2D eigenvalue weighted by Crippen LogP contribution is 2.23. The van der Waals surface area contributed by atoms with Gasteiger partial charge in [-0.1, -0.05) is 60.7 Å². The number of hydrogen-bond donors (Lipinski definition) is 1. The summed E-state index contributed by atoms with van der Waals surface area (Å²) in [6, 6.07) is 21.4. The van der Waals surface area contributed by atoms with E-state index in [4.69, 9.17) is 4.98 Å².